The molecule has 0 saturated heterocycles. The van der Waals surface area contributed by atoms with Gasteiger partial charge in [-0.3, -0.25) is 9.59 Å². The Kier molecular flexibility index (Phi) is 4.93. The first kappa shape index (κ1) is 16.9. The predicted octanol–water partition coefficient (Wildman–Crippen LogP) is 1.97. The number of primary amides is 1. The summed E-state index contributed by atoms with van der Waals surface area (Å²) in [4.78, 5) is 23.8. The molecule has 0 spiro atoms. The van der Waals surface area contributed by atoms with Gasteiger partial charge in [-0.1, -0.05) is 6.92 Å². The van der Waals surface area contributed by atoms with Crippen LogP contribution in [0.4, 0.5) is 0 Å². The number of rotatable bonds is 6. The van der Waals surface area contributed by atoms with Gasteiger partial charge in [0.1, 0.15) is 11.8 Å². The summed E-state index contributed by atoms with van der Waals surface area (Å²) in [6.45, 7) is 6.38. The van der Waals surface area contributed by atoms with Crippen LogP contribution in [0.15, 0.2) is 18.2 Å². The quantitative estimate of drug-likeness (QED) is 0.854. The molecule has 0 radical (unpaired) electrons. The van der Waals surface area contributed by atoms with Crippen molar-refractivity contribution in [2.45, 2.75) is 39.8 Å². The maximum atomic E-state index is 12.6. The smallest absolute Gasteiger partial charge is 0.254 e. The second-order valence-electron chi connectivity index (χ2n) is 5.59. The van der Waals surface area contributed by atoms with Crippen molar-refractivity contribution in [2.75, 3.05) is 7.11 Å². The van der Waals surface area contributed by atoms with E-state index in [4.69, 9.17) is 10.5 Å². The van der Waals surface area contributed by atoms with Crippen molar-refractivity contribution in [3.63, 3.8) is 0 Å². The lowest BCUT2D eigenvalue weighted by molar-refractivity contribution is -0.119. The van der Waals surface area contributed by atoms with Crippen molar-refractivity contribution in [1.29, 1.82) is 0 Å². The summed E-state index contributed by atoms with van der Waals surface area (Å²) in [6, 6.07) is 4.95. The zero-order chi connectivity index (χ0) is 17.1. The number of hydrogen-bond acceptors (Lipinski definition) is 3. The molecule has 2 aromatic rings. The van der Waals surface area contributed by atoms with Gasteiger partial charge in [-0.15, -0.1) is 0 Å². The molecular formula is C17H23N3O3. The highest BCUT2D eigenvalue weighted by molar-refractivity contribution is 6.09. The number of nitrogens with one attached hydrogen (secondary N) is 1. The monoisotopic (exact) mass is 317 g/mol. The Labute approximate surface area is 135 Å². The number of nitrogens with zero attached hydrogens (tertiary/aromatic N) is 1. The SMILES string of the molecule is CCCn1c(C)c(C(=O)NC(C)C(N)=O)c2cc(OC)ccc21. The molecule has 0 aliphatic rings. The van der Waals surface area contributed by atoms with Gasteiger partial charge in [0.2, 0.25) is 5.91 Å². The number of fused-ring (bicyclic) bond motifs is 1. The molecule has 0 saturated carbocycles. The Morgan fingerprint density at radius 1 is 1.39 bits per heavy atom. The van der Waals surface area contributed by atoms with E-state index in [0.29, 0.717) is 11.3 Å². The normalized spacial score (nSPS) is 12.2. The standard InChI is InChI=1S/C17H23N3O3/c1-5-8-20-11(3)15(17(22)19-10(2)16(18)21)13-9-12(23-4)6-7-14(13)20/h6-7,9-10H,5,8H2,1-4H3,(H2,18,21)(H,19,22). The third kappa shape index (κ3) is 3.16. The summed E-state index contributed by atoms with van der Waals surface area (Å²) in [6.07, 6.45) is 0.954. The molecule has 0 aliphatic heterocycles. The van der Waals surface area contributed by atoms with Crippen LogP contribution in [-0.2, 0) is 11.3 Å². The summed E-state index contributed by atoms with van der Waals surface area (Å²) in [5.41, 5.74) is 7.63. The fourth-order valence-corrected chi connectivity index (χ4v) is 2.73. The molecule has 2 rings (SSSR count). The summed E-state index contributed by atoms with van der Waals surface area (Å²) in [5, 5.41) is 3.46. The fraction of sp³-hybridized carbons (Fsp3) is 0.412. The van der Waals surface area contributed by atoms with Crippen molar-refractivity contribution >= 4 is 22.7 Å². The summed E-state index contributed by atoms with van der Waals surface area (Å²) in [7, 11) is 1.59. The average molecular weight is 317 g/mol. The Morgan fingerprint density at radius 2 is 2.09 bits per heavy atom. The Hall–Kier alpha value is -2.50. The lowest BCUT2D eigenvalue weighted by Crippen LogP contribution is -2.42. The van der Waals surface area contributed by atoms with Gasteiger partial charge in [-0.25, -0.2) is 0 Å². The molecule has 2 amide bonds. The zero-order valence-corrected chi connectivity index (χ0v) is 14.0. The number of nitrogens with two attached hydrogens (primary N) is 1. The zero-order valence-electron chi connectivity index (χ0n) is 14.0. The second-order valence-corrected chi connectivity index (χ2v) is 5.59. The molecule has 23 heavy (non-hydrogen) atoms. The minimum Gasteiger partial charge on any atom is -0.497 e. The van der Waals surface area contributed by atoms with Gasteiger partial charge in [0.15, 0.2) is 0 Å². The Morgan fingerprint density at radius 3 is 2.65 bits per heavy atom. The van der Waals surface area contributed by atoms with Crippen molar-refractivity contribution < 1.29 is 14.3 Å². The first-order chi connectivity index (χ1) is 10.9. The third-order valence-corrected chi connectivity index (χ3v) is 3.98. The van der Waals surface area contributed by atoms with E-state index in [1.54, 1.807) is 14.0 Å². The predicted molar refractivity (Wildman–Crippen MR) is 89.6 cm³/mol. The number of carbonyl (C=O) groups excluding carboxylic acids is 2. The largest absolute Gasteiger partial charge is 0.497 e. The molecule has 6 nitrogen and oxygen atoms in total. The number of aryl methyl sites for hydroxylation is 1. The highest BCUT2D eigenvalue weighted by Gasteiger charge is 2.22. The highest BCUT2D eigenvalue weighted by Crippen LogP contribution is 2.29. The van der Waals surface area contributed by atoms with E-state index in [0.717, 1.165) is 29.6 Å². The van der Waals surface area contributed by atoms with E-state index in [-0.39, 0.29) is 5.91 Å². The van der Waals surface area contributed by atoms with E-state index in [1.165, 1.54) is 0 Å². The minimum atomic E-state index is -0.725. The van der Waals surface area contributed by atoms with Crippen LogP contribution in [0.3, 0.4) is 0 Å². The van der Waals surface area contributed by atoms with Crippen molar-refractivity contribution in [3.05, 3.63) is 29.5 Å². The number of benzene rings is 1. The molecule has 0 fully saturated rings. The van der Waals surface area contributed by atoms with Gasteiger partial charge >= 0.3 is 0 Å². The molecule has 6 heteroatoms. The van der Waals surface area contributed by atoms with Crippen LogP contribution < -0.4 is 15.8 Å². The molecule has 1 unspecified atom stereocenters. The Balaban J connectivity index is 2.58. The molecule has 0 bridgehead atoms. The number of carbonyl (C=O) groups is 2. The lowest BCUT2D eigenvalue weighted by atomic mass is 10.1. The number of amides is 2. The lowest BCUT2D eigenvalue weighted by Gasteiger charge is -2.11. The van der Waals surface area contributed by atoms with E-state index in [2.05, 4.69) is 16.8 Å². The number of aromatic nitrogens is 1. The molecular weight excluding hydrogens is 294 g/mol. The number of ether oxygens (including phenoxy) is 1. The second kappa shape index (κ2) is 6.73. The van der Waals surface area contributed by atoms with Crippen molar-refractivity contribution in [3.8, 4) is 5.75 Å². The summed E-state index contributed by atoms with van der Waals surface area (Å²) >= 11 is 0. The van der Waals surface area contributed by atoms with Gasteiger partial charge in [0, 0.05) is 23.1 Å². The van der Waals surface area contributed by atoms with Crippen molar-refractivity contribution in [1.82, 2.24) is 9.88 Å². The molecule has 1 aromatic heterocycles. The van der Waals surface area contributed by atoms with E-state index in [1.807, 2.05) is 25.1 Å². The van der Waals surface area contributed by atoms with Gasteiger partial charge < -0.3 is 20.4 Å². The Bertz CT molecular complexity index is 749. The van der Waals surface area contributed by atoms with E-state index in [9.17, 15) is 9.59 Å². The molecule has 124 valence electrons. The van der Waals surface area contributed by atoms with Crippen LogP contribution in [0.25, 0.3) is 10.9 Å². The van der Waals surface area contributed by atoms with Crippen LogP contribution in [0, 0.1) is 6.92 Å². The van der Waals surface area contributed by atoms with E-state index < -0.39 is 11.9 Å². The molecule has 0 aliphatic carbocycles. The molecule has 3 N–H and O–H groups in total. The van der Waals surface area contributed by atoms with Gasteiger partial charge in [0.25, 0.3) is 5.91 Å². The maximum Gasteiger partial charge on any atom is 0.254 e. The summed E-state index contributed by atoms with van der Waals surface area (Å²) in [5.74, 6) is -0.184. The first-order valence-corrected chi connectivity index (χ1v) is 7.67. The summed E-state index contributed by atoms with van der Waals surface area (Å²) < 4.78 is 7.38. The topological polar surface area (TPSA) is 86.4 Å². The fourth-order valence-electron chi connectivity index (χ4n) is 2.73. The molecule has 1 aromatic carbocycles. The van der Waals surface area contributed by atoms with Crippen LogP contribution in [0.5, 0.6) is 5.75 Å². The maximum absolute atomic E-state index is 12.6. The first-order valence-electron chi connectivity index (χ1n) is 7.67. The highest BCUT2D eigenvalue weighted by atomic mass is 16.5. The van der Waals surface area contributed by atoms with Gasteiger partial charge in [-0.05, 0) is 38.5 Å². The van der Waals surface area contributed by atoms with Crippen LogP contribution in [0.2, 0.25) is 0 Å². The molecule has 1 atom stereocenters. The van der Waals surface area contributed by atoms with Gasteiger partial charge in [-0.2, -0.15) is 0 Å². The van der Waals surface area contributed by atoms with E-state index >= 15 is 0 Å². The minimum absolute atomic E-state index is 0.304. The van der Waals surface area contributed by atoms with Crippen LogP contribution >= 0.6 is 0 Å². The average Bonchev–Trinajstić information content (AvgIpc) is 2.79. The molecule has 1 heterocycles. The van der Waals surface area contributed by atoms with Crippen LogP contribution in [0.1, 0.15) is 36.3 Å². The van der Waals surface area contributed by atoms with Gasteiger partial charge in [0.05, 0.1) is 12.7 Å². The number of hydrogen-bond donors (Lipinski definition) is 2. The van der Waals surface area contributed by atoms with Crippen molar-refractivity contribution in [2.24, 2.45) is 5.73 Å². The number of methoxy groups -OCH3 is 1. The van der Waals surface area contributed by atoms with Crippen LogP contribution in [-0.4, -0.2) is 29.5 Å². The third-order valence-electron chi connectivity index (χ3n) is 3.98.